The predicted molar refractivity (Wildman–Crippen MR) is 68.3 cm³/mol. The zero-order valence-corrected chi connectivity index (χ0v) is 11.1. The van der Waals surface area contributed by atoms with E-state index in [1.807, 2.05) is 6.92 Å². The molecule has 1 heterocycles. The lowest BCUT2D eigenvalue weighted by Gasteiger charge is -2.37. The standard InChI is InChI=1S/C12H23N3O3/c1-3-15(9(2)7-11(16)17)12(18)14-6-4-5-10(13)8-14/h9-10H,3-8,13H2,1-2H3,(H,16,17). The molecule has 1 saturated heterocycles. The van der Waals surface area contributed by atoms with Gasteiger partial charge in [0.1, 0.15) is 0 Å². The van der Waals surface area contributed by atoms with Gasteiger partial charge in [0.15, 0.2) is 0 Å². The van der Waals surface area contributed by atoms with Crippen LogP contribution in [0, 0.1) is 0 Å². The van der Waals surface area contributed by atoms with Crippen LogP contribution in [0.15, 0.2) is 0 Å². The highest BCUT2D eigenvalue weighted by molar-refractivity contribution is 5.76. The second-order valence-electron chi connectivity index (χ2n) is 4.86. The van der Waals surface area contributed by atoms with Gasteiger partial charge in [-0.1, -0.05) is 0 Å². The van der Waals surface area contributed by atoms with Crippen molar-refractivity contribution in [1.29, 1.82) is 0 Å². The third-order valence-corrected chi connectivity index (χ3v) is 3.32. The Bertz CT molecular complexity index is 309. The zero-order chi connectivity index (χ0) is 13.7. The minimum atomic E-state index is -0.885. The lowest BCUT2D eigenvalue weighted by Crippen LogP contribution is -2.53. The lowest BCUT2D eigenvalue weighted by molar-refractivity contribution is -0.138. The molecule has 6 nitrogen and oxygen atoms in total. The van der Waals surface area contributed by atoms with E-state index in [1.165, 1.54) is 0 Å². The van der Waals surface area contributed by atoms with Crippen LogP contribution in [0.5, 0.6) is 0 Å². The summed E-state index contributed by atoms with van der Waals surface area (Å²) in [7, 11) is 0. The van der Waals surface area contributed by atoms with E-state index >= 15 is 0 Å². The Balaban J connectivity index is 2.63. The van der Waals surface area contributed by atoms with E-state index in [1.54, 1.807) is 16.7 Å². The Morgan fingerprint density at radius 2 is 2.22 bits per heavy atom. The number of piperidine rings is 1. The second kappa shape index (κ2) is 6.58. The number of likely N-dealkylation sites (tertiary alicyclic amines) is 1. The molecule has 1 aliphatic heterocycles. The summed E-state index contributed by atoms with van der Waals surface area (Å²) in [5.41, 5.74) is 5.85. The highest BCUT2D eigenvalue weighted by Crippen LogP contribution is 2.13. The Hall–Kier alpha value is -1.30. The van der Waals surface area contributed by atoms with Crippen LogP contribution in [0.4, 0.5) is 4.79 Å². The van der Waals surface area contributed by atoms with Crippen molar-refractivity contribution in [3.63, 3.8) is 0 Å². The number of hydrogen-bond donors (Lipinski definition) is 2. The van der Waals surface area contributed by atoms with Crippen LogP contribution in [-0.4, -0.2) is 58.6 Å². The van der Waals surface area contributed by atoms with Gasteiger partial charge in [-0.05, 0) is 26.7 Å². The molecule has 1 rings (SSSR count). The fraction of sp³-hybridized carbons (Fsp3) is 0.833. The molecule has 6 heteroatoms. The van der Waals surface area contributed by atoms with Gasteiger partial charge in [0.05, 0.1) is 6.42 Å². The van der Waals surface area contributed by atoms with Gasteiger partial charge in [-0.25, -0.2) is 4.79 Å². The maximum Gasteiger partial charge on any atom is 0.320 e. The summed E-state index contributed by atoms with van der Waals surface area (Å²) in [5.74, 6) is -0.885. The fourth-order valence-electron chi connectivity index (χ4n) is 2.36. The quantitative estimate of drug-likeness (QED) is 0.776. The van der Waals surface area contributed by atoms with Crippen molar-refractivity contribution in [2.75, 3.05) is 19.6 Å². The minimum absolute atomic E-state index is 0.0283. The molecule has 3 N–H and O–H groups in total. The highest BCUT2D eigenvalue weighted by atomic mass is 16.4. The summed E-state index contributed by atoms with van der Waals surface area (Å²) in [6, 6.07) is -0.351. The number of aliphatic carboxylic acids is 1. The summed E-state index contributed by atoms with van der Waals surface area (Å²) in [5, 5.41) is 8.79. The largest absolute Gasteiger partial charge is 0.481 e. The van der Waals surface area contributed by atoms with Crippen LogP contribution >= 0.6 is 0 Å². The molecular formula is C12H23N3O3. The van der Waals surface area contributed by atoms with Crippen LogP contribution in [0.2, 0.25) is 0 Å². The van der Waals surface area contributed by atoms with Gasteiger partial charge >= 0.3 is 12.0 Å². The lowest BCUT2D eigenvalue weighted by atomic mass is 10.1. The first-order valence-electron chi connectivity index (χ1n) is 6.48. The van der Waals surface area contributed by atoms with Crippen molar-refractivity contribution in [3.8, 4) is 0 Å². The molecule has 0 spiro atoms. The fourth-order valence-corrected chi connectivity index (χ4v) is 2.36. The Labute approximate surface area is 108 Å². The number of carbonyl (C=O) groups is 2. The third-order valence-electron chi connectivity index (χ3n) is 3.32. The number of carboxylic acids is 1. The normalized spacial score (nSPS) is 21.5. The molecule has 0 aromatic carbocycles. The van der Waals surface area contributed by atoms with Crippen LogP contribution in [0.25, 0.3) is 0 Å². The molecule has 0 aromatic rings. The smallest absolute Gasteiger partial charge is 0.320 e. The van der Waals surface area contributed by atoms with Gasteiger partial charge in [0.2, 0.25) is 0 Å². The van der Waals surface area contributed by atoms with Gasteiger partial charge in [0, 0.05) is 31.7 Å². The molecule has 0 aliphatic carbocycles. The topological polar surface area (TPSA) is 86.9 Å². The van der Waals surface area contributed by atoms with E-state index in [4.69, 9.17) is 10.8 Å². The van der Waals surface area contributed by atoms with E-state index in [-0.39, 0.29) is 24.5 Å². The minimum Gasteiger partial charge on any atom is -0.481 e. The average molecular weight is 257 g/mol. The van der Waals surface area contributed by atoms with E-state index in [9.17, 15) is 9.59 Å². The molecule has 0 bridgehead atoms. The second-order valence-corrected chi connectivity index (χ2v) is 4.86. The highest BCUT2D eigenvalue weighted by Gasteiger charge is 2.28. The molecule has 0 saturated carbocycles. The zero-order valence-electron chi connectivity index (χ0n) is 11.1. The third kappa shape index (κ3) is 3.87. The molecule has 1 fully saturated rings. The Morgan fingerprint density at radius 1 is 1.56 bits per heavy atom. The van der Waals surface area contributed by atoms with Crippen LogP contribution in [0.3, 0.4) is 0 Å². The molecule has 1 aliphatic rings. The predicted octanol–water partition coefficient (Wildman–Crippen LogP) is 0.715. The molecule has 2 unspecified atom stereocenters. The molecule has 0 radical (unpaired) electrons. The Morgan fingerprint density at radius 3 is 2.72 bits per heavy atom. The number of rotatable bonds is 4. The average Bonchev–Trinajstić information content (AvgIpc) is 2.28. The maximum absolute atomic E-state index is 12.3. The van der Waals surface area contributed by atoms with Crippen molar-refractivity contribution in [1.82, 2.24) is 9.80 Å². The SMILES string of the molecule is CCN(C(=O)N1CCCC(N)C1)C(C)CC(=O)O. The number of carboxylic acid groups (broad SMARTS) is 1. The van der Waals surface area contributed by atoms with Gasteiger partial charge in [-0.15, -0.1) is 0 Å². The first-order valence-corrected chi connectivity index (χ1v) is 6.48. The van der Waals surface area contributed by atoms with Crippen molar-refractivity contribution in [2.45, 2.75) is 45.2 Å². The number of nitrogens with zero attached hydrogens (tertiary/aromatic N) is 2. The summed E-state index contributed by atoms with van der Waals surface area (Å²) >= 11 is 0. The molecule has 18 heavy (non-hydrogen) atoms. The maximum atomic E-state index is 12.3. The number of hydrogen-bond acceptors (Lipinski definition) is 3. The monoisotopic (exact) mass is 257 g/mol. The summed E-state index contributed by atoms with van der Waals surface area (Å²) in [6.07, 6.45) is 1.83. The summed E-state index contributed by atoms with van der Waals surface area (Å²) < 4.78 is 0. The van der Waals surface area contributed by atoms with Gasteiger partial charge in [-0.3, -0.25) is 4.79 Å². The van der Waals surface area contributed by atoms with E-state index in [0.29, 0.717) is 19.6 Å². The molecule has 104 valence electrons. The summed E-state index contributed by atoms with van der Waals surface area (Å²) in [6.45, 7) is 5.41. The molecular weight excluding hydrogens is 234 g/mol. The van der Waals surface area contributed by atoms with E-state index < -0.39 is 5.97 Å². The van der Waals surface area contributed by atoms with Crippen LogP contribution in [0.1, 0.15) is 33.1 Å². The van der Waals surface area contributed by atoms with Gasteiger partial charge in [0.25, 0.3) is 0 Å². The van der Waals surface area contributed by atoms with Crippen molar-refractivity contribution in [2.24, 2.45) is 5.73 Å². The van der Waals surface area contributed by atoms with E-state index in [2.05, 4.69) is 0 Å². The van der Waals surface area contributed by atoms with Crippen molar-refractivity contribution >= 4 is 12.0 Å². The Kier molecular flexibility index (Phi) is 5.40. The number of carbonyl (C=O) groups excluding carboxylic acids is 1. The number of amides is 2. The summed E-state index contributed by atoms with van der Waals surface area (Å²) in [4.78, 5) is 26.3. The number of urea groups is 1. The number of nitrogens with two attached hydrogens (primary N) is 1. The van der Waals surface area contributed by atoms with Crippen LogP contribution < -0.4 is 5.73 Å². The van der Waals surface area contributed by atoms with Crippen molar-refractivity contribution < 1.29 is 14.7 Å². The first-order chi connectivity index (χ1) is 8.45. The molecule has 2 atom stereocenters. The first kappa shape index (κ1) is 14.8. The molecule has 2 amide bonds. The van der Waals surface area contributed by atoms with Gasteiger partial charge < -0.3 is 20.6 Å². The molecule has 0 aromatic heterocycles. The van der Waals surface area contributed by atoms with Crippen LogP contribution in [-0.2, 0) is 4.79 Å². The van der Waals surface area contributed by atoms with Gasteiger partial charge in [-0.2, -0.15) is 0 Å². The van der Waals surface area contributed by atoms with E-state index in [0.717, 1.165) is 12.8 Å². The van der Waals surface area contributed by atoms with Crippen molar-refractivity contribution in [3.05, 3.63) is 0 Å².